The van der Waals surface area contributed by atoms with Gasteiger partial charge in [0.25, 0.3) is 5.91 Å². The third-order valence-corrected chi connectivity index (χ3v) is 4.60. The molecule has 6 heteroatoms. The van der Waals surface area contributed by atoms with E-state index in [4.69, 9.17) is 0 Å². The number of carbonyl (C=O) groups excluding carboxylic acids is 1. The number of hydrogen-bond donors (Lipinski definition) is 2. The first kappa shape index (κ1) is 15.1. The molecule has 1 amide bonds. The molecule has 0 saturated carbocycles. The Labute approximate surface area is 136 Å². The van der Waals surface area contributed by atoms with E-state index in [1.165, 1.54) is 0 Å². The fourth-order valence-corrected chi connectivity index (χ4v) is 3.44. The van der Waals surface area contributed by atoms with Crippen molar-refractivity contribution in [3.63, 3.8) is 0 Å². The number of carboxylic acid groups (broad SMARTS) is 1. The van der Waals surface area contributed by atoms with E-state index in [-0.39, 0.29) is 18.4 Å². The summed E-state index contributed by atoms with van der Waals surface area (Å²) in [6.07, 6.45) is 0.624. The number of carbonyl (C=O) groups is 2. The molecule has 3 rings (SSSR count). The number of nitrogens with one attached hydrogen (secondary N) is 1. The van der Waals surface area contributed by atoms with Crippen LogP contribution in [0.25, 0.3) is 10.9 Å². The monoisotopic (exact) mass is 364 g/mol. The molecule has 1 aromatic carbocycles. The SMILES string of the molecule is CC1CC(C(=O)O)CN(C(=O)c2cc3ccc(Br)cc3[nH]2)C1. The third kappa shape index (κ3) is 2.88. The van der Waals surface area contributed by atoms with E-state index >= 15 is 0 Å². The zero-order valence-electron chi connectivity index (χ0n) is 12.2. The second kappa shape index (κ2) is 5.76. The zero-order valence-corrected chi connectivity index (χ0v) is 13.8. The van der Waals surface area contributed by atoms with Crippen molar-refractivity contribution in [2.75, 3.05) is 13.1 Å². The van der Waals surface area contributed by atoms with Crippen LogP contribution in [0, 0.1) is 11.8 Å². The van der Waals surface area contributed by atoms with Gasteiger partial charge >= 0.3 is 5.97 Å². The highest BCUT2D eigenvalue weighted by molar-refractivity contribution is 9.10. The number of H-pyrrole nitrogens is 1. The van der Waals surface area contributed by atoms with E-state index in [1.807, 2.05) is 31.2 Å². The van der Waals surface area contributed by atoms with Crippen LogP contribution in [0.5, 0.6) is 0 Å². The third-order valence-electron chi connectivity index (χ3n) is 4.11. The predicted octanol–water partition coefficient (Wildman–Crippen LogP) is 3.11. The number of piperidine rings is 1. The fraction of sp³-hybridized carbons (Fsp3) is 0.375. The van der Waals surface area contributed by atoms with Crippen LogP contribution < -0.4 is 0 Å². The molecule has 1 fully saturated rings. The number of hydrogen-bond acceptors (Lipinski definition) is 2. The van der Waals surface area contributed by atoms with Crippen LogP contribution in [-0.4, -0.2) is 40.0 Å². The van der Waals surface area contributed by atoms with Gasteiger partial charge in [0.05, 0.1) is 5.92 Å². The minimum Gasteiger partial charge on any atom is -0.481 e. The number of rotatable bonds is 2. The number of aromatic amines is 1. The molecule has 2 N–H and O–H groups in total. The standard InChI is InChI=1S/C16H17BrN2O3/c1-9-4-11(16(21)22)8-19(7-9)15(20)14-5-10-2-3-12(17)6-13(10)18-14/h2-3,5-6,9,11,18H,4,7-8H2,1H3,(H,21,22). The van der Waals surface area contributed by atoms with Crippen molar-refractivity contribution in [3.05, 3.63) is 34.4 Å². The van der Waals surface area contributed by atoms with Crippen molar-refractivity contribution in [3.8, 4) is 0 Å². The molecule has 1 saturated heterocycles. The second-order valence-electron chi connectivity index (χ2n) is 6.00. The minimum absolute atomic E-state index is 0.134. The van der Waals surface area contributed by atoms with Crippen molar-refractivity contribution >= 4 is 38.7 Å². The Hall–Kier alpha value is -1.82. The van der Waals surface area contributed by atoms with E-state index in [9.17, 15) is 14.7 Å². The van der Waals surface area contributed by atoms with Crippen molar-refractivity contribution in [2.45, 2.75) is 13.3 Å². The molecule has 116 valence electrons. The van der Waals surface area contributed by atoms with Gasteiger partial charge in [-0.3, -0.25) is 9.59 Å². The van der Waals surface area contributed by atoms with Gasteiger partial charge in [0, 0.05) is 28.5 Å². The van der Waals surface area contributed by atoms with Crippen molar-refractivity contribution in [2.24, 2.45) is 11.8 Å². The molecule has 0 aliphatic carbocycles. The summed E-state index contributed by atoms with van der Waals surface area (Å²) in [4.78, 5) is 28.7. The van der Waals surface area contributed by atoms with Gasteiger partial charge in [-0.25, -0.2) is 0 Å². The number of fused-ring (bicyclic) bond motifs is 1. The number of halogens is 1. The Kier molecular flexibility index (Phi) is 3.95. The van der Waals surface area contributed by atoms with Crippen LogP contribution in [0.1, 0.15) is 23.8 Å². The number of carboxylic acids is 1. The van der Waals surface area contributed by atoms with Crippen LogP contribution in [0.15, 0.2) is 28.7 Å². The summed E-state index contributed by atoms with van der Waals surface area (Å²) in [5.74, 6) is -1.25. The molecule has 2 unspecified atom stereocenters. The van der Waals surface area contributed by atoms with Crippen LogP contribution in [0.2, 0.25) is 0 Å². The van der Waals surface area contributed by atoms with Gasteiger partial charge in [-0.1, -0.05) is 28.9 Å². The summed E-state index contributed by atoms with van der Waals surface area (Å²) in [5, 5.41) is 10.2. The van der Waals surface area contributed by atoms with E-state index in [2.05, 4.69) is 20.9 Å². The maximum atomic E-state index is 12.7. The first-order chi connectivity index (χ1) is 10.4. The Morgan fingerprint density at radius 2 is 2.09 bits per heavy atom. The number of nitrogens with zero attached hydrogens (tertiary/aromatic N) is 1. The Morgan fingerprint density at radius 3 is 2.82 bits per heavy atom. The highest BCUT2D eigenvalue weighted by Crippen LogP contribution is 2.25. The lowest BCUT2D eigenvalue weighted by molar-refractivity contribution is -0.143. The largest absolute Gasteiger partial charge is 0.481 e. The van der Waals surface area contributed by atoms with Gasteiger partial charge in [0.2, 0.25) is 0 Å². The summed E-state index contributed by atoms with van der Waals surface area (Å²) in [7, 11) is 0. The molecule has 1 aliphatic rings. The van der Waals surface area contributed by atoms with E-state index < -0.39 is 11.9 Å². The lowest BCUT2D eigenvalue weighted by atomic mass is 9.90. The van der Waals surface area contributed by atoms with Gasteiger partial charge in [-0.2, -0.15) is 0 Å². The molecule has 1 aliphatic heterocycles. The summed E-state index contributed by atoms with van der Waals surface area (Å²) < 4.78 is 0.943. The lowest BCUT2D eigenvalue weighted by Crippen LogP contribution is -2.45. The predicted molar refractivity (Wildman–Crippen MR) is 86.8 cm³/mol. The first-order valence-electron chi connectivity index (χ1n) is 7.24. The molecule has 2 aromatic rings. The summed E-state index contributed by atoms with van der Waals surface area (Å²) >= 11 is 3.41. The van der Waals surface area contributed by atoms with E-state index in [0.29, 0.717) is 18.7 Å². The average Bonchev–Trinajstić information content (AvgIpc) is 2.88. The van der Waals surface area contributed by atoms with Gasteiger partial charge in [0.1, 0.15) is 5.69 Å². The van der Waals surface area contributed by atoms with Gasteiger partial charge in [-0.05, 0) is 30.5 Å². The van der Waals surface area contributed by atoms with Crippen molar-refractivity contribution in [1.29, 1.82) is 0 Å². The number of aliphatic carboxylic acids is 1. The topological polar surface area (TPSA) is 73.4 Å². The highest BCUT2D eigenvalue weighted by Gasteiger charge is 2.32. The summed E-state index contributed by atoms with van der Waals surface area (Å²) in [5.41, 5.74) is 1.39. The molecule has 0 spiro atoms. The Morgan fingerprint density at radius 1 is 1.32 bits per heavy atom. The quantitative estimate of drug-likeness (QED) is 0.859. The van der Waals surface area contributed by atoms with Gasteiger partial charge in [-0.15, -0.1) is 0 Å². The van der Waals surface area contributed by atoms with Crippen LogP contribution in [0.4, 0.5) is 0 Å². The smallest absolute Gasteiger partial charge is 0.308 e. The molecule has 1 aromatic heterocycles. The van der Waals surface area contributed by atoms with Crippen molar-refractivity contribution < 1.29 is 14.7 Å². The first-order valence-corrected chi connectivity index (χ1v) is 8.03. The average molecular weight is 365 g/mol. The molecular formula is C16H17BrN2O3. The van der Waals surface area contributed by atoms with Gasteiger partial charge < -0.3 is 15.0 Å². The molecule has 2 heterocycles. The highest BCUT2D eigenvalue weighted by atomic mass is 79.9. The zero-order chi connectivity index (χ0) is 15.9. The molecule has 0 radical (unpaired) electrons. The number of likely N-dealkylation sites (tertiary alicyclic amines) is 1. The summed E-state index contributed by atoms with van der Waals surface area (Å²) in [6.45, 7) is 2.86. The molecular weight excluding hydrogens is 348 g/mol. The fourth-order valence-electron chi connectivity index (χ4n) is 3.08. The number of amides is 1. The van der Waals surface area contributed by atoms with Gasteiger partial charge in [0.15, 0.2) is 0 Å². The minimum atomic E-state index is -0.829. The molecule has 0 bridgehead atoms. The lowest BCUT2D eigenvalue weighted by Gasteiger charge is -2.34. The number of aromatic nitrogens is 1. The normalized spacial score (nSPS) is 22.0. The second-order valence-corrected chi connectivity index (χ2v) is 6.92. The Balaban J connectivity index is 1.86. The van der Waals surface area contributed by atoms with Crippen molar-refractivity contribution in [1.82, 2.24) is 9.88 Å². The maximum absolute atomic E-state index is 12.7. The Bertz CT molecular complexity index is 740. The van der Waals surface area contributed by atoms with E-state index in [1.54, 1.807) is 4.90 Å². The molecule has 5 nitrogen and oxygen atoms in total. The van der Waals surface area contributed by atoms with Crippen LogP contribution in [-0.2, 0) is 4.79 Å². The maximum Gasteiger partial charge on any atom is 0.308 e. The van der Waals surface area contributed by atoms with E-state index in [0.717, 1.165) is 15.4 Å². The van der Waals surface area contributed by atoms with Crippen LogP contribution >= 0.6 is 15.9 Å². The molecule has 22 heavy (non-hydrogen) atoms. The van der Waals surface area contributed by atoms with Crippen LogP contribution in [0.3, 0.4) is 0 Å². The number of benzene rings is 1. The summed E-state index contributed by atoms with van der Waals surface area (Å²) in [6, 6.07) is 7.60. The molecule has 2 atom stereocenters.